The Hall–Kier alpha value is -0.503. The molecule has 0 bridgehead atoms. The lowest BCUT2D eigenvalue weighted by Crippen LogP contribution is -2.22. The van der Waals surface area contributed by atoms with Crippen molar-refractivity contribution in [3.63, 3.8) is 0 Å². The highest BCUT2D eigenvalue weighted by Crippen LogP contribution is 2.20. The van der Waals surface area contributed by atoms with Gasteiger partial charge in [-0.2, -0.15) is 0 Å². The fourth-order valence-electron chi connectivity index (χ4n) is 2.51. The molecule has 0 radical (unpaired) electrons. The van der Waals surface area contributed by atoms with Gasteiger partial charge in [0, 0.05) is 33.7 Å². The summed E-state index contributed by atoms with van der Waals surface area (Å²) >= 11 is 3.44. The fraction of sp³-hybridized carbons (Fsp3) is 0.778. The van der Waals surface area contributed by atoms with E-state index in [1.807, 2.05) is 17.7 Å². The van der Waals surface area contributed by atoms with Gasteiger partial charge in [-0.1, -0.05) is 39.4 Å². The summed E-state index contributed by atoms with van der Waals surface area (Å²) < 4.78 is 8.62. The zero-order valence-electron chi connectivity index (χ0n) is 16.2. The molecule has 1 aromatic rings. The Balaban J connectivity index is 2.39. The summed E-state index contributed by atoms with van der Waals surface area (Å²) in [4.78, 5) is 15.8. The van der Waals surface area contributed by atoms with Crippen LogP contribution >= 0.6 is 15.9 Å². The molecule has 0 unspecified atom stereocenters. The van der Waals surface area contributed by atoms with Crippen molar-refractivity contribution in [1.29, 1.82) is 0 Å². The Labute approximate surface area is 161 Å². The molecule has 2 N–H and O–H groups in total. The Morgan fingerprint density at radius 1 is 1.36 bits per heavy atom. The summed E-state index contributed by atoms with van der Waals surface area (Å²) in [6.45, 7) is 10.2. The molecule has 0 amide bonds. The van der Waals surface area contributed by atoms with Crippen LogP contribution in [0.3, 0.4) is 0 Å². The van der Waals surface area contributed by atoms with E-state index in [1.54, 1.807) is 0 Å². The SMILES string of the molecule is CCC(=O)CCCCC[C@H](N)c1nc(Br)cn1COCC[Si](C)(C)C. The first-order valence-electron chi connectivity index (χ1n) is 9.30. The van der Waals surface area contributed by atoms with E-state index in [0.717, 1.165) is 48.8 Å². The van der Waals surface area contributed by atoms with Crippen LogP contribution in [0.4, 0.5) is 0 Å². The molecule has 0 fully saturated rings. The molecule has 0 aliphatic carbocycles. The maximum Gasteiger partial charge on any atom is 0.132 e. The zero-order valence-corrected chi connectivity index (χ0v) is 18.8. The third kappa shape index (κ3) is 9.68. The second-order valence-electron chi connectivity index (χ2n) is 7.84. The number of unbranched alkanes of at least 4 members (excludes halogenated alkanes) is 2. The van der Waals surface area contributed by atoms with Crippen molar-refractivity contribution in [2.45, 2.75) is 83.9 Å². The average Bonchev–Trinajstić information content (AvgIpc) is 2.90. The quantitative estimate of drug-likeness (QED) is 0.356. The molecule has 1 rings (SSSR count). The first kappa shape index (κ1) is 22.5. The topological polar surface area (TPSA) is 70.1 Å². The van der Waals surface area contributed by atoms with Crippen molar-refractivity contribution >= 4 is 29.8 Å². The van der Waals surface area contributed by atoms with Crippen LogP contribution in [0.25, 0.3) is 0 Å². The molecule has 7 heteroatoms. The van der Waals surface area contributed by atoms with Crippen molar-refractivity contribution in [1.82, 2.24) is 9.55 Å². The van der Waals surface area contributed by atoms with Gasteiger partial charge in [0.25, 0.3) is 0 Å². The number of hydrogen-bond acceptors (Lipinski definition) is 4. The van der Waals surface area contributed by atoms with Gasteiger partial charge in [0.1, 0.15) is 22.9 Å². The average molecular weight is 432 g/mol. The first-order valence-corrected chi connectivity index (χ1v) is 13.8. The van der Waals surface area contributed by atoms with Crippen LogP contribution in [0.1, 0.15) is 57.3 Å². The fourth-order valence-corrected chi connectivity index (χ4v) is 3.69. The Morgan fingerprint density at radius 2 is 2.08 bits per heavy atom. The van der Waals surface area contributed by atoms with Gasteiger partial charge in [-0.3, -0.25) is 4.79 Å². The molecule has 0 saturated heterocycles. The molecule has 1 aromatic heterocycles. The van der Waals surface area contributed by atoms with Crippen LogP contribution in [0.5, 0.6) is 0 Å². The lowest BCUT2D eigenvalue weighted by Gasteiger charge is -2.17. The number of carbonyl (C=O) groups is 1. The number of imidazole rings is 1. The van der Waals surface area contributed by atoms with E-state index in [4.69, 9.17) is 10.5 Å². The number of hydrogen-bond donors (Lipinski definition) is 1. The molecular formula is C18H34BrN3O2Si. The van der Waals surface area contributed by atoms with Gasteiger partial charge in [0.2, 0.25) is 0 Å². The zero-order chi connectivity index (χ0) is 18.9. The predicted octanol–water partition coefficient (Wildman–Crippen LogP) is 4.89. The van der Waals surface area contributed by atoms with E-state index >= 15 is 0 Å². The molecule has 0 aromatic carbocycles. The summed E-state index contributed by atoms with van der Waals surface area (Å²) in [7, 11) is -1.07. The summed E-state index contributed by atoms with van der Waals surface area (Å²) in [6.07, 6.45) is 7.15. The minimum Gasteiger partial charge on any atom is -0.361 e. The summed E-state index contributed by atoms with van der Waals surface area (Å²) in [5.74, 6) is 1.21. The second kappa shape index (κ2) is 11.3. The standard InChI is InChI=1S/C18H34BrN3O2Si/c1-5-15(23)9-7-6-8-10-16(20)18-21-17(19)13-22(18)14-24-11-12-25(2,3)4/h13,16H,5-12,14,20H2,1-4H3/t16-/m0/s1. The minimum atomic E-state index is -1.07. The summed E-state index contributed by atoms with van der Waals surface area (Å²) in [6, 6.07) is 1.05. The van der Waals surface area contributed by atoms with Gasteiger partial charge >= 0.3 is 0 Å². The highest BCUT2D eigenvalue weighted by atomic mass is 79.9. The van der Waals surface area contributed by atoms with Crippen LogP contribution in [0.2, 0.25) is 25.7 Å². The smallest absolute Gasteiger partial charge is 0.132 e. The lowest BCUT2D eigenvalue weighted by molar-refractivity contribution is -0.118. The number of halogens is 1. The molecule has 0 saturated carbocycles. The molecule has 1 heterocycles. The van der Waals surface area contributed by atoms with Crippen molar-refractivity contribution in [3.8, 4) is 0 Å². The molecule has 0 aliphatic heterocycles. The van der Waals surface area contributed by atoms with Crippen molar-refractivity contribution in [2.75, 3.05) is 6.61 Å². The van der Waals surface area contributed by atoms with E-state index in [2.05, 4.69) is 40.6 Å². The predicted molar refractivity (Wildman–Crippen MR) is 109 cm³/mol. The van der Waals surface area contributed by atoms with E-state index in [-0.39, 0.29) is 6.04 Å². The highest BCUT2D eigenvalue weighted by molar-refractivity contribution is 9.10. The molecule has 1 atom stereocenters. The van der Waals surface area contributed by atoms with Crippen molar-refractivity contribution in [3.05, 3.63) is 16.6 Å². The van der Waals surface area contributed by atoms with Crippen LogP contribution in [-0.2, 0) is 16.3 Å². The second-order valence-corrected chi connectivity index (χ2v) is 14.3. The minimum absolute atomic E-state index is 0.103. The number of rotatable bonds is 13. The maximum absolute atomic E-state index is 11.3. The third-order valence-electron chi connectivity index (χ3n) is 4.20. The van der Waals surface area contributed by atoms with E-state index in [1.165, 1.54) is 0 Å². The molecule has 0 aliphatic rings. The number of ketones is 1. The number of ether oxygens (including phenoxy) is 1. The molecular weight excluding hydrogens is 398 g/mol. The van der Waals surface area contributed by atoms with Crippen LogP contribution in [0.15, 0.2) is 10.8 Å². The molecule has 5 nitrogen and oxygen atoms in total. The largest absolute Gasteiger partial charge is 0.361 e. The number of carbonyl (C=O) groups excluding carboxylic acids is 1. The highest BCUT2D eigenvalue weighted by Gasteiger charge is 2.16. The summed E-state index contributed by atoms with van der Waals surface area (Å²) in [5, 5.41) is 0. The van der Waals surface area contributed by atoms with Crippen molar-refractivity contribution < 1.29 is 9.53 Å². The number of Topliss-reactive ketones (excluding diaryl/α,β-unsaturated/α-hetero) is 1. The Bertz CT molecular complexity index is 529. The number of nitrogens with two attached hydrogens (primary N) is 1. The number of aromatic nitrogens is 2. The molecule has 0 spiro atoms. The third-order valence-corrected chi connectivity index (χ3v) is 6.29. The van der Waals surface area contributed by atoms with E-state index in [0.29, 0.717) is 25.4 Å². The monoisotopic (exact) mass is 431 g/mol. The Morgan fingerprint density at radius 3 is 2.72 bits per heavy atom. The van der Waals surface area contributed by atoms with Gasteiger partial charge in [0.05, 0.1) is 6.04 Å². The van der Waals surface area contributed by atoms with Crippen LogP contribution in [-0.4, -0.2) is 30.0 Å². The van der Waals surface area contributed by atoms with Gasteiger partial charge in [-0.25, -0.2) is 4.98 Å². The van der Waals surface area contributed by atoms with E-state index < -0.39 is 8.07 Å². The Kier molecular flexibility index (Phi) is 10.2. The van der Waals surface area contributed by atoms with Gasteiger partial charge in [-0.05, 0) is 34.8 Å². The number of nitrogens with zero attached hydrogens (tertiary/aromatic N) is 2. The molecule has 25 heavy (non-hydrogen) atoms. The summed E-state index contributed by atoms with van der Waals surface area (Å²) in [5.41, 5.74) is 6.33. The normalized spacial score (nSPS) is 13.2. The van der Waals surface area contributed by atoms with Crippen LogP contribution < -0.4 is 5.73 Å². The van der Waals surface area contributed by atoms with E-state index in [9.17, 15) is 4.79 Å². The van der Waals surface area contributed by atoms with Gasteiger partial charge in [-0.15, -0.1) is 0 Å². The maximum atomic E-state index is 11.3. The lowest BCUT2D eigenvalue weighted by atomic mass is 10.1. The van der Waals surface area contributed by atoms with Gasteiger partial charge < -0.3 is 15.0 Å². The van der Waals surface area contributed by atoms with Crippen LogP contribution in [0, 0.1) is 0 Å². The van der Waals surface area contributed by atoms with Gasteiger partial charge in [0.15, 0.2) is 0 Å². The first-order chi connectivity index (χ1) is 11.7. The molecule has 144 valence electrons. The van der Waals surface area contributed by atoms with Crippen molar-refractivity contribution in [2.24, 2.45) is 5.73 Å².